The number of hydrogen-bond donors (Lipinski definition) is 4. The summed E-state index contributed by atoms with van der Waals surface area (Å²) in [5, 5.41) is 8.14. The van der Waals surface area contributed by atoms with Crippen LogP contribution < -0.4 is 15.4 Å². The molecule has 1 aromatic carbocycles. The van der Waals surface area contributed by atoms with Crippen LogP contribution in [0.4, 0.5) is 0 Å². The Kier molecular flexibility index (Phi) is 9.56. The van der Waals surface area contributed by atoms with Gasteiger partial charge in [0, 0.05) is 65.5 Å². The SMILES string of the molecule is CS(=O)(=O)NCCN1CCc2nc(C(=O)N[C@@H]3CCCC[C@@H]3NC(=O)c3cc4cc(Cl)ccc4[nH]3)sc2C1.Cl. The number of carbonyl (C=O) groups excluding carboxylic acids is 2. The van der Waals surface area contributed by atoms with Gasteiger partial charge in [0.15, 0.2) is 5.01 Å². The molecule has 2 amide bonds. The average molecular weight is 616 g/mol. The minimum absolute atomic E-state index is 0. The lowest BCUT2D eigenvalue weighted by Gasteiger charge is -2.32. The Balaban J connectivity index is 0.00000353. The van der Waals surface area contributed by atoms with Gasteiger partial charge in [0.1, 0.15) is 5.69 Å². The zero-order chi connectivity index (χ0) is 26.9. The fraction of sp³-hybridized carbons (Fsp3) is 0.480. The highest BCUT2D eigenvalue weighted by Crippen LogP contribution is 2.26. The van der Waals surface area contributed by atoms with Gasteiger partial charge in [0.05, 0.1) is 11.9 Å². The molecule has 1 fully saturated rings. The first kappa shape index (κ1) is 29.8. The smallest absolute Gasteiger partial charge is 0.280 e. The fourth-order valence-electron chi connectivity index (χ4n) is 5.10. The number of amides is 2. The Morgan fingerprint density at radius 1 is 1.15 bits per heavy atom. The highest BCUT2D eigenvalue weighted by molar-refractivity contribution is 7.88. The van der Waals surface area contributed by atoms with Crippen molar-refractivity contribution in [1.29, 1.82) is 0 Å². The Hall–Kier alpha value is -2.22. The molecule has 0 unspecified atom stereocenters. The molecule has 2 atom stereocenters. The highest BCUT2D eigenvalue weighted by Gasteiger charge is 2.30. The Morgan fingerprint density at radius 3 is 2.59 bits per heavy atom. The quantitative estimate of drug-likeness (QED) is 0.308. The van der Waals surface area contributed by atoms with Crippen molar-refractivity contribution in [2.45, 2.75) is 50.7 Å². The number of thiazole rings is 1. The largest absolute Gasteiger partial charge is 0.351 e. The summed E-state index contributed by atoms with van der Waals surface area (Å²) in [5.41, 5.74) is 2.23. The van der Waals surface area contributed by atoms with E-state index < -0.39 is 10.0 Å². The number of aromatic nitrogens is 2. The molecule has 2 aliphatic rings. The van der Waals surface area contributed by atoms with Crippen molar-refractivity contribution >= 4 is 68.1 Å². The maximum atomic E-state index is 13.2. The first-order valence-electron chi connectivity index (χ1n) is 12.7. The molecule has 10 nitrogen and oxygen atoms in total. The number of hydrogen-bond acceptors (Lipinski definition) is 7. The summed E-state index contributed by atoms with van der Waals surface area (Å²) >= 11 is 7.46. The van der Waals surface area contributed by atoms with Gasteiger partial charge in [0.2, 0.25) is 10.0 Å². The Morgan fingerprint density at radius 2 is 1.87 bits per heavy atom. The number of carbonyl (C=O) groups is 2. The van der Waals surface area contributed by atoms with E-state index in [2.05, 4.69) is 30.2 Å². The van der Waals surface area contributed by atoms with Crippen molar-refractivity contribution in [3.63, 3.8) is 0 Å². The van der Waals surface area contributed by atoms with Gasteiger partial charge in [-0.25, -0.2) is 18.1 Å². The van der Waals surface area contributed by atoms with Gasteiger partial charge in [-0.05, 0) is 37.1 Å². The number of rotatable bonds is 8. The molecular formula is C25H32Cl2N6O4S2. The number of H-pyrrole nitrogens is 1. The number of halogens is 2. The monoisotopic (exact) mass is 614 g/mol. The molecule has 0 radical (unpaired) electrons. The summed E-state index contributed by atoms with van der Waals surface area (Å²) in [5.74, 6) is -0.431. The van der Waals surface area contributed by atoms with Crippen LogP contribution in [-0.4, -0.2) is 73.1 Å². The fourth-order valence-corrected chi connectivity index (χ4v) is 6.80. The van der Waals surface area contributed by atoms with Crippen LogP contribution in [0.1, 0.15) is 56.5 Å². The maximum Gasteiger partial charge on any atom is 0.280 e. The number of nitrogens with one attached hydrogen (secondary N) is 4. The molecule has 1 aliphatic heterocycles. The van der Waals surface area contributed by atoms with Gasteiger partial charge >= 0.3 is 0 Å². The molecule has 1 aliphatic carbocycles. The second-order valence-corrected chi connectivity index (χ2v) is 13.3. The van der Waals surface area contributed by atoms with E-state index in [1.807, 2.05) is 12.1 Å². The third kappa shape index (κ3) is 7.50. The first-order chi connectivity index (χ1) is 18.1. The second kappa shape index (κ2) is 12.5. The van der Waals surface area contributed by atoms with Crippen LogP contribution in [0.15, 0.2) is 24.3 Å². The minimum atomic E-state index is -3.21. The summed E-state index contributed by atoms with van der Waals surface area (Å²) in [6, 6.07) is 6.86. The third-order valence-corrected chi connectivity index (χ3v) is 9.07. The molecule has 1 saturated carbocycles. The van der Waals surface area contributed by atoms with E-state index in [9.17, 15) is 18.0 Å². The van der Waals surface area contributed by atoms with Crippen molar-refractivity contribution in [3.8, 4) is 0 Å². The van der Waals surface area contributed by atoms with Gasteiger partial charge in [-0.1, -0.05) is 24.4 Å². The van der Waals surface area contributed by atoms with Crippen molar-refractivity contribution in [2.75, 3.05) is 25.9 Å². The van der Waals surface area contributed by atoms with Crippen molar-refractivity contribution in [3.05, 3.63) is 50.6 Å². The van der Waals surface area contributed by atoms with Gasteiger partial charge in [-0.3, -0.25) is 14.5 Å². The number of nitrogens with zero attached hydrogens (tertiary/aromatic N) is 2. The third-order valence-electron chi connectivity index (χ3n) is 7.02. The summed E-state index contributed by atoms with van der Waals surface area (Å²) < 4.78 is 25.1. The summed E-state index contributed by atoms with van der Waals surface area (Å²) in [6.45, 7) is 2.35. The van der Waals surface area contributed by atoms with E-state index in [0.29, 0.717) is 35.4 Å². The molecule has 3 heterocycles. The molecule has 212 valence electrons. The van der Waals surface area contributed by atoms with E-state index in [0.717, 1.165) is 66.4 Å². The maximum absolute atomic E-state index is 13.2. The standard InChI is InChI=1S/C25H31ClN6O4S2.ClH/c1-38(35,36)27-9-11-32-10-8-20-22(14-32)37-25(31-20)24(34)30-19-5-3-2-4-18(19)29-23(33)21-13-15-12-16(26)6-7-17(15)28-21;/h6-7,12-13,18-19,27-28H,2-5,8-11,14H2,1H3,(H,29,33)(H,30,34);1H/t18-,19+;/m0./s1. The predicted octanol–water partition coefficient (Wildman–Crippen LogP) is 3.08. The molecule has 14 heteroatoms. The highest BCUT2D eigenvalue weighted by atomic mass is 35.5. The molecule has 0 bridgehead atoms. The summed E-state index contributed by atoms with van der Waals surface area (Å²) in [4.78, 5) is 37.1. The average Bonchev–Trinajstić information content (AvgIpc) is 3.48. The van der Waals surface area contributed by atoms with Gasteiger partial charge in [0.25, 0.3) is 11.8 Å². The summed E-state index contributed by atoms with van der Waals surface area (Å²) in [6.07, 6.45) is 5.40. The lowest BCUT2D eigenvalue weighted by atomic mass is 9.90. The zero-order valence-electron chi connectivity index (χ0n) is 21.5. The van der Waals surface area contributed by atoms with Crippen LogP contribution in [0.5, 0.6) is 0 Å². The van der Waals surface area contributed by atoms with Crippen LogP contribution in [0.2, 0.25) is 5.02 Å². The van der Waals surface area contributed by atoms with Crippen LogP contribution in [-0.2, 0) is 23.0 Å². The van der Waals surface area contributed by atoms with E-state index in [-0.39, 0.29) is 36.3 Å². The number of benzene rings is 1. The van der Waals surface area contributed by atoms with E-state index in [1.54, 1.807) is 12.1 Å². The molecule has 2 aromatic heterocycles. The second-order valence-electron chi connectivity index (χ2n) is 9.94. The van der Waals surface area contributed by atoms with Gasteiger partial charge < -0.3 is 15.6 Å². The summed E-state index contributed by atoms with van der Waals surface area (Å²) in [7, 11) is -3.21. The predicted molar refractivity (Wildman–Crippen MR) is 155 cm³/mol. The Labute approximate surface area is 242 Å². The lowest BCUT2D eigenvalue weighted by molar-refractivity contribution is 0.0860. The molecule has 3 aromatic rings. The minimum Gasteiger partial charge on any atom is -0.351 e. The van der Waals surface area contributed by atoms with E-state index in [4.69, 9.17) is 11.6 Å². The van der Waals surface area contributed by atoms with E-state index >= 15 is 0 Å². The molecule has 4 N–H and O–H groups in total. The van der Waals surface area contributed by atoms with Crippen molar-refractivity contribution < 1.29 is 18.0 Å². The van der Waals surface area contributed by atoms with Gasteiger partial charge in [-0.15, -0.1) is 23.7 Å². The Bertz CT molecular complexity index is 1460. The molecule has 5 rings (SSSR count). The van der Waals surface area contributed by atoms with Crippen LogP contribution in [0.3, 0.4) is 0 Å². The lowest BCUT2D eigenvalue weighted by Crippen LogP contribution is -2.53. The first-order valence-corrected chi connectivity index (χ1v) is 15.8. The molecular weight excluding hydrogens is 583 g/mol. The van der Waals surface area contributed by atoms with Crippen LogP contribution >= 0.6 is 35.3 Å². The van der Waals surface area contributed by atoms with Crippen molar-refractivity contribution in [1.82, 2.24) is 30.2 Å². The number of fused-ring (bicyclic) bond motifs is 2. The van der Waals surface area contributed by atoms with E-state index in [1.165, 1.54) is 11.3 Å². The molecule has 0 spiro atoms. The molecule has 0 saturated heterocycles. The van der Waals surface area contributed by atoms with Gasteiger partial charge in [-0.2, -0.15) is 0 Å². The zero-order valence-corrected chi connectivity index (χ0v) is 24.7. The topological polar surface area (TPSA) is 136 Å². The number of sulfonamides is 1. The normalized spacial score (nSPS) is 19.7. The van der Waals surface area contributed by atoms with Crippen LogP contribution in [0.25, 0.3) is 10.9 Å². The van der Waals surface area contributed by atoms with Crippen molar-refractivity contribution in [2.24, 2.45) is 0 Å². The number of aromatic amines is 1. The van der Waals surface area contributed by atoms with Crippen LogP contribution in [0, 0.1) is 0 Å². The molecule has 39 heavy (non-hydrogen) atoms.